The molecule has 1 aromatic rings. The van der Waals surface area contributed by atoms with Gasteiger partial charge in [0.05, 0.1) is 6.04 Å². The lowest BCUT2D eigenvalue weighted by molar-refractivity contribution is -0.166. The van der Waals surface area contributed by atoms with Gasteiger partial charge in [-0.1, -0.05) is 69.5 Å². The number of hydrogen-bond donors (Lipinski definition) is 0. The van der Waals surface area contributed by atoms with E-state index >= 15 is 0 Å². The Bertz CT molecular complexity index is 556. The first-order valence-corrected chi connectivity index (χ1v) is 13.5. The topological polar surface area (TPSA) is 38.8 Å². The number of rotatable bonds is 13. The number of carbonyl (C=O) groups excluding carboxylic acids is 1. The molecule has 0 aliphatic rings. The third kappa shape index (κ3) is 9.89. The summed E-state index contributed by atoms with van der Waals surface area (Å²) in [7, 11) is -1.84. The van der Waals surface area contributed by atoms with Gasteiger partial charge in [0.1, 0.15) is 6.10 Å². The number of carbonyl (C=O) groups is 1. The minimum absolute atomic E-state index is 0.0461. The summed E-state index contributed by atoms with van der Waals surface area (Å²) in [5, 5.41) is 2.04. The Labute approximate surface area is 166 Å². The highest BCUT2D eigenvalue weighted by atomic mass is 28.4. The van der Waals surface area contributed by atoms with Gasteiger partial charge in [-0.25, -0.2) is 0 Å². The maximum absolute atomic E-state index is 11.6. The van der Waals surface area contributed by atoms with Crippen LogP contribution in [0.5, 0.6) is 0 Å². The average molecular weight is 392 g/mol. The number of ether oxygens (including phenoxy) is 1. The van der Waals surface area contributed by atoms with Crippen LogP contribution in [0.3, 0.4) is 0 Å². The van der Waals surface area contributed by atoms with E-state index in [4.69, 9.17) is 9.26 Å². The highest BCUT2D eigenvalue weighted by Crippen LogP contribution is 2.23. The first kappa shape index (κ1) is 23.6. The summed E-state index contributed by atoms with van der Waals surface area (Å²) >= 11 is 0. The second-order valence-electron chi connectivity index (χ2n) is 7.99. The van der Waals surface area contributed by atoms with Gasteiger partial charge in [-0.2, -0.15) is 5.06 Å². The SMILES string of the molecule is C=C[C@@H](OC(C)=O)[C@H](CCCCCC)N(Cc1ccccc1)O[Si](C)(C)C. The molecule has 2 atom stereocenters. The first-order valence-electron chi connectivity index (χ1n) is 10.1. The number of hydrogen-bond acceptors (Lipinski definition) is 4. The van der Waals surface area contributed by atoms with E-state index in [9.17, 15) is 4.79 Å². The molecule has 0 unspecified atom stereocenters. The van der Waals surface area contributed by atoms with Crippen molar-refractivity contribution in [3.05, 3.63) is 48.6 Å². The summed E-state index contributed by atoms with van der Waals surface area (Å²) in [4.78, 5) is 11.6. The standard InChI is InChI=1S/C22H37NO3Si/c1-7-9-10-14-17-21(22(8-2)25-19(3)24)23(26-27(4,5)6)18-20-15-12-11-13-16-20/h8,11-13,15-16,21-22H,2,7,9-10,14,17-18H2,1,3-6H3/t21-,22+/m0/s1. The molecule has 0 amide bonds. The molecular weight excluding hydrogens is 354 g/mol. The predicted molar refractivity (Wildman–Crippen MR) is 115 cm³/mol. The van der Waals surface area contributed by atoms with Crippen molar-refractivity contribution in [1.82, 2.24) is 5.06 Å². The van der Waals surface area contributed by atoms with Crippen molar-refractivity contribution in [3.63, 3.8) is 0 Å². The monoisotopic (exact) mass is 391 g/mol. The lowest BCUT2D eigenvalue weighted by atomic mass is 10.0. The fourth-order valence-electron chi connectivity index (χ4n) is 3.06. The Morgan fingerprint density at radius 3 is 2.37 bits per heavy atom. The van der Waals surface area contributed by atoms with Gasteiger partial charge in [0.2, 0.25) is 8.32 Å². The summed E-state index contributed by atoms with van der Waals surface area (Å²) in [5.41, 5.74) is 1.18. The highest BCUT2D eigenvalue weighted by Gasteiger charge is 2.32. The van der Waals surface area contributed by atoms with Gasteiger partial charge in [-0.05, 0) is 37.7 Å². The van der Waals surface area contributed by atoms with Gasteiger partial charge < -0.3 is 9.26 Å². The summed E-state index contributed by atoms with van der Waals surface area (Å²) in [6.07, 6.45) is 6.90. The molecule has 152 valence electrons. The van der Waals surface area contributed by atoms with Gasteiger partial charge >= 0.3 is 5.97 Å². The van der Waals surface area contributed by atoms with Crippen molar-refractivity contribution < 1.29 is 14.1 Å². The van der Waals surface area contributed by atoms with Crippen molar-refractivity contribution in [2.24, 2.45) is 0 Å². The molecule has 4 nitrogen and oxygen atoms in total. The van der Waals surface area contributed by atoms with Crippen LogP contribution in [0.15, 0.2) is 43.0 Å². The lowest BCUT2D eigenvalue weighted by Crippen LogP contribution is -2.48. The van der Waals surface area contributed by atoms with E-state index in [0.717, 1.165) is 12.8 Å². The summed E-state index contributed by atoms with van der Waals surface area (Å²) in [6.45, 7) is 14.8. The molecule has 0 N–H and O–H groups in total. The predicted octanol–water partition coefficient (Wildman–Crippen LogP) is 5.71. The van der Waals surface area contributed by atoms with Crippen molar-refractivity contribution in [3.8, 4) is 0 Å². The summed E-state index contributed by atoms with van der Waals surface area (Å²) < 4.78 is 12.0. The number of nitrogens with zero attached hydrogens (tertiary/aromatic N) is 1. The van der Waals surface area contributed by atoms with E-state index in [-0.39, 0.29) is 18.1 Å². The van der Waals surface area contributed by atoms with Crippen LogP contribution >= 0.6 is 0 Å². The maximum atomic E-state index is 11.6. The Morgan fingerprint density at radius 2 is 1.85 bits per heavy atom. The van der Waals surface area contributed by atoms with Crippen LogP contribution in [0, 0.1) is 0 Å². The van der Waals surface area contributed by atoms with Crippen LogP contribution in [0.4, 0.5) is 0 Å². The number of unbranched alkanes of at least 4 members (excludes halogenated alkanes) is 3. The Morgan fingerprint density at radius 1 is 1.19 bits per heavy atom. The second kappa shape index (κ2) is 12.1. The summed E-state index contributed by atoms with van der Waals surface area (Å²) in [5.74, 6) is -0.286. The van der Waals surface area contributed by atoms with E-state index in [1.165, 1.54) is 31.7 Å². The quantitative estimate of drug-likeness (QED) is 0.142. The van der Waals surface area contributed by atoms with Gasteiger partial charge in [0.15, 0.2) is 0 Å². The molecule has 5 heteroatoms. The number of hydroxylamine groups is 2. The largest absolute Gasteiger partial charge is 0.457 e. The van der Waals surface area contributed by atoms with Crippen LogP contribution in [0.25, 0.3) is 0 Å². The molecule has 0 aliphatic heterocycles. The van der Waals surface area contributed by atoms with Crippen molar-refractivity contribution in [2.75, 3.05) is 0 Å². The van der Waals surface area contributed by atoms with Crippen LogP contribution in [-0.4, -0.2) is 31.5 Å². The fraction of sp³-hybridized carbons (Fsp3) is 0.591. The molecule has 0 aliphatic carbocycles. The number of esters is 1. The van der Waals surface area contributed by atoms with Crippen molar-refractivity contribution in [1.29, 1.82) is 0 Å². The van der Waals surface area contributed by atoms with Crippen molar-refractivity contribution in [2.45, 2.75) is 84.3 Å². The Balaban J connectivity index is 3.07. The van der Waals surface area contributed by atoms with E-state index in [1.54, 1.807) is 6.08 Å². The molecule has 0 spiro atoms. The van der Waals surface area contributed by atoms with E-state index in [0.29, 0.717) is 6.54 Å². The average Bonchev–Trinajstić information content (AvgIpc) is 2.59. The lowest BCUT2D eigenvalue weighted by Gasteiger charge is -2.38. The molecule has 0 bridgehead atoms. The molecule has 27 heavy (non-hydrogen) atoms. The third-order valence-electron chi connectivity index (χ3n) is 4.21. The zero-order chi connectivity index (χ0) is 20.3. The van der Waals surface area contributed by atoms with Crippen molar-refractivity contribution >= 4 is 14.3 Å². The van der Waals surface area contributed by atoms with Gasteiger partial charge in [0, 0.05) is 13.5 Å². The summed E-state index contributed by atoms with van der Waals surface area (Å²) in [6, 6.07) is 10.2. The molecule has 0 saturated heterocycles. The minimum atomic E-state index is -1.84. The van der Waals surface area contributed by atoms with E-state index in [2.05, 4.69) is 45.3 Å². The minimum Gasteiger partial charge on any atom is -0.457 e. The molecule has 1 aromatic carbocycles. The number of benzene rings is 1. The molecule has 0 fully saturated rings. The Hall–Kier alpha value is -1.43. The van der Waals surface area contributed by atoms with Crippen LogP contribution < -0.4 is 0 Å². The second-order valence-corrected chi connectivity index (χ2v) is 12.4. The third-order valence-corrected chi connectivity index (χ3v) is 4.99. The molecule has 0 aromatic heterocycles. The molecular formula is C22H37NO3Si. The van der Waals surface area contributed by atoms with Gasteiger partial charge in [-0.3, -0.25) is 4.79 Å². The molecule has 1 rings (SSSR count). The van der Waals surface area contributed by atoms with Gasteiger partial charge in [-0.15, -0.1) is 0 Å². The first-order chi connectivity index (χ1) is 12.8. The smallest absolute Gasteiger partial charge is 0.303 e. The zero-order valence-electron chi connectivity index (χ0n) is 17.7. The molecule has 0 saturated carbocycles. The molecule has 0 radical (unpaired) electrons. The molecule has 0 heterocycles. The highest BCUT2D eigenvalue weighted by molar-refractivity contribution is 6.69. The van der Waals surface area contributed by atoms with E-state index < -0.39 is 8.32 Å². The fourth-order valence-corrected chi connectivity index (χ4v) is 3.96. The van der Waals surface area contributed by atoms with E-state index in [1.807, 2.05) is 23.3 Å². The van der Waals surface area contributed by atoms with Crippen LogP contribution in [0.2, 0.25) is 19.6 Å². The van der Waals surface area contributed by atoms with Crippen LogP contribution in [0.1, 0.15) is 51.5 Å². The normalized spacial score (nSPS) is 14.0. The zero-order valence-corrected chi connectivity index (χ0v) is 18.7. The Kier molecular flexibility index (Phi) is 10.6. The van der Waals surface area contributed by atoms with Crippen LogP contribution in [-0.2, 0) is 20.6 Å². The van der Waals surface area contributed by atoms with Gasteiger partial charge in [0.25, 0.3) is 0 Å². The maximum Gasteiger partial charge on any atom is 0.303 e.